The Hall–Kier alpha value is -1.58. The van der Waals surface area contributed by atoms with Crippen LogP contribution in [0.15, 0.2) is 24.3 Å². The molecule has 140 valence electrons. The third-order valence-electron chi connectivity index (χ3n) is 5.55. The molecule has 0 bridgehead atoms. The van der Waals surface area contributed by atoms with Gasteiger partial charge in [-0.1, -0.05) is 51.7 Å². The summed E-state index contributed by atoms with van der Waals surface area (Å²) in [6.45, 7) is 10.7. The first-order chi connectivity index (χ1) is 11.9. The number of ether oxygens (including phenoxy) is 2. The molecule has 2 saturated carbocycles. The van der Waals surface area contributed by atoms with E-state index in [2.05, 4.69) is 13.2 Å². The molecule has 0 atom stereocenters. The van der Waals surface area contributed by atoms with E-state index in [1.54, 1.807) is 13.8 Å². The summed E-state index contributed by atoms with van der Waals surface area (Å²) in [5.41, 5.74) is 0.671. The maximum atomic E-state index is 12.5. The van der Waals surface area contributed by atoms with Crippen LogP contribution in [0.3, 0.4) is 0 Å². The molecule has 4 nitrogen and oxygen atoms in total. The number of hydrogen-bond donors (Lipinski definition) is 0. The van der Waals surface area contributed by atoms with Crippen LogP contribution in [0.5, 0.6) is 0 Å². The quantitative estimate of drug-likeness (QED) is 0.381. The summed E-state index contributed by atoms with van der Waals surface area (Å²) >= 11 is 0. The van der Waals surface area contributed by atoms with Gasteiger partial charge in [0, 0.05) is 23.0 Å². The first kappa shape index (κ1) is 19.7. The molecule has 0 amide bonds. The molecule has 0 unspecified atom stereocenters. The molecule has 2 aliphatic carbocycles. The van der Waals surface area contributed by atoms with Crippen LogP contribution in [0.25, 0.3) is 0 Å². The van der Waals surface area contributed by atoms with Crippen molar-refractivity contribution in [3.8, 4) is 0 Å². The van der Waals surface area contributed by atoms with Gasteiger partial charge in [0.2, 0.25) is 0 Å². The zero-order valence-electron chi connectivity index (χ0n) is 15.8. The summed E-state index contributed by atoms with van der Waals surface area (Å²) in [6, 6.07) is 0. The van der Waals surface area contributed by atoms with Crippen molar-refractivity contribution >= 4 is 11.9 Å². The number of esters is 2. The fourth-order valence-electron chi connectivity index (χ4n) is 4.16. The van der Waals surface area contributed by atoms with E-state index in [1.165, 1.54) is 12.8 Å². The third kappa shape index (κ3) is 4.74. The number of hydrogen-bond acceptors (Lipinski definition) is 4. The Morgan fingerprint density at radius 3 is 1.32 bits per heavy atom. The molecule has 0 spiro atoms. The molecule has 0 saturated heterocycles. The Morgan fingerprint density at radius 1 is 0.720 bits per heavy atom. The van der Waals surface area contributed by atoms with Crippen molar-refractivity contribution < 1.29 is 19.1 Å². The highest BCUT2D eigenvalue weighted by atomic mass is 16.7. The lowest BCUT2D eigenvalue weighted by Crippen LogP contribution is -2.53. The van der Waals surface area contributed by atoms with Crippen LogP contribution in [0, 0.1) is 11.8 Å². The second-order valence-electron chi connectivity index (χ2n) is 7.73. The normalized spacial score (nSPS) is 19.9. The van der Waals surface area contributed by atoms with Crippen molar-refractivity contribution in [2.75, 3.05) is 0 Å². The summed E-state index contributed by atoms with van der Waals surface area (Å²) in [5.74, 6) is -2.00. The van der Waals surface area contributed by atoms with E-state index in [-0.39, 0.29) is 11.8 Å². The van der Waals surface area contributed by atoms with E-state index in [9.17, 15) is 9.59 Å². The van der Waals surface area contributed by atoms with E-state index in [1.807, 2.05) is 0 Å². The zero-order valence-corrected chi connectivity index (χ0v) is 15.8. The Balaban J connectivity index is 2.40. The van der Waals surface area contributed by atoms with Crippen LogP contribution in [0.2, 0.25) is 0 Å². The summed E-state index contributed by atoms with van der Waals surface area (Å²) < 4.78 is 12.0. The van der Waals surface area contributed by atoms with Gasteiger partial charge in [-0.25, -0.2) is 9.59 Å². The Labute approximate surface area is 151 Å². The zero-order chi connectivity index (χ0) is 18.4. The monoisotopic (exact) mass is 348 g/mol. The molecule has 0 aliphatic heterocycles. The van der Waals surface area contributed by atoms with Crippen molar-refractivity contribution in [1.29, 1.82) is 0 Å². The SMILES string of the molecule is C=C(C)C(=O)OC(OC(=O)C(=C)C)(C1CCCCC1)C1CCCCC1. The average Bonchev–Trinajstić information content (AvgIpc) is 2.62. The molecule has 0 heterocycles. The van der Waals surface area contributed by atoms with Gasteiger partial charge in [0.25, 0.3) is 5.79 Å². The van der Waals surface area contributed by atoms with E-state index in [0.717, 1.165) is 51.4 Å². The summed E-state index contributed by atoms with van der Waals surface area (Å²) in [5, 5.41) is 0. The Kier molecular flexibility index (Phi) is 6.86. The number of rotatable bonds is 6. The molecule has 0 radical (unpaired) electrons. The molecule has 2 rings (SSSR count). The minimum Gasteiger partial charge on any atom is -0.419 e. The highest BCUT2D eigenvalue weighted by molar-refractivity contribution is 5.89. The summed E-state index contributed by atoms with van der Waals surface area (Å²) in [6.07, 6.45) is 10.4. The van der Waals surface area contributed by atoms with Crippen LogP contribution in [-0.2, 0) is 19.1 Å². The second kappa shape index (κ2) is 8.68. The van der Waals surface area contributed by atoms with Crippen LogP contribution in [-0.4, -0.2) is 17.7 Å². The molecule has 2 fully saturated rings. The smallest absolute Gasteiger partial charge is 0.336 e. The lowest BCUT2D eigenvalue weighted by Gasteiger charge is -2.46. The van der Waals surface area contributed by atoms with E-state index in [4.69, 9.17) is 9.47 Å². The largest absolute Gasteiger partial charge is 0.419 e. The molecule has 4 heteroatoms. The minimum absolute atomic E-state index is 0.0518. The van der Waals surface area contributed by atoms with Gasteiger partial charge in [-0.15, -0.1) is 0 Å². The van der Waals surface area contributed by atoms with E-state index in [0.29, 0.717) is 11.1 Å². The fraction of sp³-hybridized carbons (Fsp3) is 0.714. The predicted octanol–water partition coefficient (Wildman–Crippen LogP) is 5.08. The summed E-state index contributed by atoms with van der Waals surface area (Å²) in [4.78, 5) is 24.9. The second-order valence-corrected chi connectivity index (χ2v) is 7.73. The maximum absolute atomic E-state index is 12.5. The van der Waals surface area contributed by atoms with Gasteiger partial charge in [0.05, 0.1) is 0 Å². The average molecular weight is 348 g/mol. The molecular formula is C21H32O4. The minimum atomic E-state index is -1.17. The Morgan fingerprint density at radius 2 is 1.04 bits per heavy atom. The third-order valence-corrected chi connectivity index (χ3v) is 5.55. The Bertz CT molecular complexity index is 474. The standard InChI is InChI=1S/C21H32O4/c1-15(2)19(22)24-21(25-20(23)16(3)4,17-11-7-5-8-12-17)18-13-9-6-10-14-18/h17-18H,1,3,5-14H2,2,4H3. The molecule has 2 aliphatic rings. The summed E-state index contributed by atoms with van der Waals surface area (Å²) in [7, 11) is 0. The lowest BCUT2D eigenvalue weighted by molar-refractivity contribution is -0.273. The highest BCUT2D eigenvalue weighted by Gasteiger charge is 2.52. The van der Waals surface area contributed by atoms with Gasteiger partial charge in [0.15, 0.2) is 0 Å². The van der Waals surface area contributed by atoms with E-state index >= 15 is 0 Å². The van der Waals surface area contributed by atoms with Crippen molar-refractivity contribution in [2.24, 2.45) is 11.8 Å². The molecule has 0 aromatic carbocycles. The highest BCUT2D eigenvalue weighted by Crippen LogP contribution is 2.46. The molecule has 0 aromatic rings. The van der Waals surface area contributed by atoms with Crippen LogP contribution in [0.1, 0.15) is 78.1 Å². The predicted molar refractivity (Wildman–Crippen MR) is 97.7 cm³/mol. The first-order valence-corrected chi connectivity index (χ1v) is 9.64. The van der Waals surface area contributed by atoms with Gasteiger partial charge >= 0.3 is 11.9 Å². The topological polar surface area (TPSA) is 52.6 Å². The molecule has 25 heavy (non-hydrogen) atoms. The van der Waals surface area contributed by atoms with Gasteiger partial charge in [-0.05, 0) is 39.5 Å². The van der Waals surface area contributed by atoms with Crippen LogP contribution >= 0.6 is 0 Å². The van der Waals surface area contributed by atoms with Gasteiger partial charge < -0.3 is 9.47 Å². The van der Waals surface area contributed by atoms with Crippen molar-refractivity contribution in [3.05, 3.63) is 24.3 Å². The van der Waals surface area contributed by atoms with Crippen molar-refractivity contribution in [2.45, 2.75) is 83.8 Å². The van der Waals surface area contributed by atoms with Crippen molar-refractivity contribution in [1.82, 2.24) is 0 Å². The van der Waals surface area contributed by atoms with Gasteiger partial charge in [-0.3, -0.25) is 0 Å². The lowest BCUT2D eigenvalue weighted by atomic mass is 9.72. The fourth-order valence-corrected chi connectivity index (χ4v) is 4.16. The van der Waals surface area contributed by atoms with Crippen LogP contribution in [0.4, 0.5) is 0 Å². The first-order valence-electron chi connectivity index (χ1n) is 9.64. The number of carbonyl (C=O) groups is 2. The molecule has 0 aromatic heterocycles. The number of carbonyl (C=O) groups excluding carboxylic acids is 2. The molecule has 0 N–H and O–H groups in total. The van der Waals surface area contributed by atoms with E-state index < -0.39 is 17.7 Å². The van der Waals surface area contributed by atoms with Gasteiger partial charge in [-0.2, -0.15) is 0 Å². The van der Waals surface area contributed by atoms with Crippen molar-refractivity contribution in [3.63, 3.8) is 0 Å². The van der Waals surface area contributed by atoms with Gasteiger partial charge in [0.1, 0.15) is 0 Å². The maximum Gasteiger partial charge on any atom is 0.336 e. The molecular weight excluding hydrogens is 316 g/mol. The van der Waals surface area contributed by atoms with Crippen LogP contribution < -0.4 is 0 Å².